The molecule has 0 aliphatic carbocycles. The number of anilines is 2. The molecule has 0 spiro atoms. The molecule has 0 bridgehead atoms. The van der Waals surface area contributed by atoms with Gasteiger partial charge in [-0.15, -0.1) is 0 Å². The molecule has 28 heavy (non-hydrogen) atoms. The second-order valence-corrected chi connectivity index (χ2v) is 6.61. The monoisotopic (exact) mass is 392 g/mol. The molecule has 0 saturated heterocycles. The summed E-state index contributed by atoms with van der Waals surface area (Å²) in [6.45, 7) is 0. The molecule has 2 amide bonds. The lowest BCUT2D eigenvalue weighted by Gasteiger charge is -2.15. The highest BCUT2D eigenvalue weighted by Gasteiger charge is 2.40. The summed E-state index contributed by atoms with van der Waals surface area (Å²) in [5.74, 6) is -1.42. The van der Waals surface area contributed by atoms with Crippen LogP contribution in [0.4, 0.5) is 15.8 Å². The van der Waals surface area contributed by atoms with Crippen LogP contribution in [0.1, 0.15) is 5.56 Å². The summed E-state index contributed by atoms with van der Waals surface area (Å²) in [5, 5.41) is 3.42. The third-order valence-corrected chi connectivity index (χ3v) is 4.58. The van der Waals surface area contributed by atoms with Crippen LogP contribution >= 0.6 is 11.6 Å². The minimum absolute atomic E-state index is 0.0942. The van der Waals surface area contributed by atoms with Crippen LogP contribution in [0.2, 0.25) is 5.02 Å². The van der Waals surface area contributed by atoms with Gasteiger partial charge in [-0.1, -0.05) is 48.0 Å². The fourth-order valence-electron chi connectivity index (χ4n) is 3.05. The van der Waals surface area contributed by atoms with E-state index in [1.54, 1.807) is 54.6 Å². The molecule has 3 aromatic carbocycles. The number of nitrogens with zero attached hydrogens (tertiary/aromatic N) is 1. The average Bonchev–Trinajstić information content (AvgIpc) is 2.93. The van der Waals surface area contributed by atoms with E-state index in [4.69, 9.17) is 11.6 Å². The maximum absolute atomic E-state index is 13.6. The van der Waals surface area contributed by atoms with E-state index in [0.29, 0.717) is 22.0 Å². The van der Waals surface area contributed by atoms with Gasteiger partial charge in [0.2, 0.25) is 0 Å². The van der Waals surface area contributed by atoms with Crippen molar-refractivity contribution < 1.29 is 14.0 Å². The summed E-state index contributed by atoms with van der Waals surface area (Å²) in [4.78, 5) is 27.4. The van der Waals surface area contributed by atoms with Gasteiger partial charge in [-0.3, -0.25) is 9.59 Å². The van der Waals surface area contributed by atoms with Crippen LogP contribution in [0.5, 0.6) is 0 Å². The quantitative estimate of drug-likeness (QED) is 0.644. The molecule has 6 heteroatoms. The third kappa shape index (κ3) is 3.28. The zero-order chi connectivity index (χ0) is 19.7. The van der Waals surface area contributed by atoms with Gasteiger partial charge < -0.3 is 5.32 Å². The topological polar surface area (TPSA) is 49.4 Å². The molecule has 0 radical (unpaired) electrons. The molecule has 0 saturated carbocycles. The lowest BCUT2D eigenvalue weighted by atomic mass is 10.0. The summed E-state index contributed by atoms with van der Waals surface area (Å²) in [6, 6.07) is 21.0. The van der Waals surface area contributed by atoms with Crippen molar-refractivity contribution in [3.63, 3.8) is 0 Å². The van der Waals surface area contributed by atoms with Gasteiger partial charge in [0.15, 0.2) is 0 Å². The van der Waals surface area contributed by atoms with Gasteiger partial charge in [-0.25, -0.2) is 9.29 Å². The van der Waals surface area contributed by atoms with Gasteiger partial charge in [0.25, 0.3) is 11.8 Å². The van der Waals surface area contributed by atoms with Gasteiger partial charge in [-0.05, 0) is 48.0 Å². The molecular weight excluding hydrogens is 379 g/mol. The van der Waals surface area contributed by atoms with E-state index in [9.17, 15) is 14.0 Å². The van der Waals surface area contributed by atoms with Crippen LogP contribution in [0, 0.1) is 5.82 Å². The number of carbonyl (C=O) groups is 2. The predicted octanol–water partition coefficient (Wildman–Crippen LogP) is 4.88. The highest BCUT2D eigenvalue weighted by molar-refractivity contribution is 6.46. The standard InChI is InChI=1S/C22H14ClFN2O2/c23-15-9-11-18(12-10-15)26-21(27)19(14-5-2-1-3-6-14)20(22(26)28)25-17-8-4-7-16(24)13-17/h1-13,25H. The van der Waals surface area contributed by atoms with E-state index >= 15 is 0 Å². The lowest BCUT2D eigenvalue weighted by molar-refractivity contribution is -0.120. The Bertz CT molecular complexity index is 1100. The Morgan fingerprint density at radius 3 is 2.21 bits per heavy atom. The minimum Gasteiger partial charge on any atom is -0.350 e. The molecule has 0 aromatic heterocycles. The van der Waals surface area contributed by atoms with Crippen molar-refractivity contribution in [3.05, 3.63) is 101 Å². The van der Waals surface area contributed by atoms with Crippen molar-refractivity contribution in [3.8, 4) is 0 Å². The zero-order valence-corrected chi connectivity index (χ0v) is 15.3. The van der Waals surface area contributed by atoms with E-state index in [-0.39, 0.29) is 11.3 Å². The molecule has 138 valence electrons. The molecule has 0 fully saturated rings. The number of imide groups is 1. The first kappa shape index (κ1) is 17.9. The van der Waals surface area contributed by atoms with Crippen LogP contribution < -0.4 is 10.2 Å². The Hall–Kier alpha value is -3.44. The number of halogens is 2. The normalized spacial score (nSPS) is 14.0. The highest BCUT2D eigenvalue weighted by atomic mass is 35.5. The minimum atomic E-state index is -0.518. The van der Waals surface area contributed by atoms with Crippen LogP contribution in [0.3, 0.4) is 0 Å². The summed E-state index contributed by atoms with van der Waals surface area (Å²) < 4.78 is 13.6. The van der Waals surface area contributed by atoms with E-state index in [1.165, 1.54) is 18.2 Å². The summed E-state index contributed by atoms with van der Waals surface area (Å²) in [6.07, 6.45) is 0. The van der Waals surface area contributed by atoms with E-state index in [0.717, 1.165) is 4.90 Å². The van der Waals surface area contributed by atoms with Gasteiger partial charge >= 0.3 is 0 Å². The van der Waals surface area contributed by atoms with Crippen molar-refractivity contribution >= 4 is 40.4 Å². The van der Waals surface area contributed by atoms with Crippen LogP contribution in [-0.2, 0) is 9.59 Å². The van der Waals surface area contributed by atoms with E-state index in [2.05, 4.69) is 5.32 Å². The molecule has 4 nitrogen and oxygen atoms in total. The zero-order valence-electron chi connectivity index (χ0n) is 14.5. The molecule has 1 aliphatic rings. The second-order valence-electron chi connectivity index (χ2n) is 6.17. The van der Waals surface area contributed by atoms with Crippen molar-refractivity contribution in [1.82, 2.24) is 0 Å². The predicted molar refractivity (Wildman–Crippen MR) is 107 cm³/mol. The van der Waals surface area contributed by atoms with Crippen molar-refractivity contribution in [2.75, 3.05) is 10.2 Å². The highest BCUT2D eigenvalue weighted by Crippen LogP contribution is 2.34. The molecule has 0 unspecified atom stereocenters. The number of benzene rings is 3. The largest absolute Gasteiger partial charge is 0.350 e. The number of hydrogen-bond donors (Lipinski definition) is 1. The smallest absolute Gasteiger partial charge is 0.282 e. The number of rotatable bonds is 4. The van der Waals surface area contributed by atoms with Gasteiger partial charge in [0.05, 0.1) is 11.3 Å². The van der Waals surface area contributed by atoms with Crippen LogP contribution in [0.25, 0.3) is 5.57 Å². The van der Waals surface area contributed by atoms with Crippen molar-refractivity contribution in [1.29, 1.82) is 0 Å². The van der Waals surface area contributed by atoms with Gasteiger partial charge in [-0.2, -0.15) is 0 Å². The fraction of sp³-hybridized carbons (Fsp3) is 0. The number of hydrogen-bond acceptors (Lipinski definition) is 3. The second kappa shape index (κ2) is 7.29. The maximum Gasteiger partial charge on any atom is 0.282 e. The summed E-state index contributed by atoms with van der Waals surface area (Å²) in [5.41, 5.74) is 1.70. The Kier molecular flexibility index (Phi) is 4.67. The maximum atomic E-state index is 13.6. The number of amides is 2. The first-order chi connectivity index (χ1) is 13.5. The first-order valence-corrected chi connectivity index (χ1v) is 8.89. The lowest BCUT2D eigenvalue weighted by Crippen LogP contribution is -2.32. The molecule has 1 N–H and O–H groups in total. The third-order valence-electron chi connectivity index (χ3n) is 4.33. The molecule has 1 heterocycles. The molecule has 1 aliphatic heterocycles. The fourth-order valence-corrected chi connectivity index (χ4v) is 3.18. The first-order valence-electron chi connectivity index (χ1n) is 8.51. The Labute approximate surface area is 165 Å². The number of nitrogens with one attached hydrogen (secondary N) is 1. The molecular formula is C22H14ClFN2O2. The Balaban J connectivity index is 1.81. The molecule has 3 aromatic rings. The Morgan fingerprint density at radius 2 is 1.54 bits per heavy atom. The SMILES string of the molecule is O=C1C(Nc2cccc(F)c2)=C(c2ccccc2)C(=O)N1c1ccc(Cl)cc1. The van der Waals surface area contributed by atoms with Crippen molar-refractivity contribution in [2.45, 2.75) is 0 Å². The molecule has 0 atom stereocenters. The Morgan fingerprint density at radius 1 is 0.821 bits per heavy atom. The number of carbonyl (C=O) groups excluding carboxylic acids is 2. The average molecular weight is 393 g/mol. The van der Waals surface area contributed by atoms with Crippen molar-refractivity contribution in [2.24, 2.45) is 0 Å². The van der Waals surface area contributed by atoms with Crippen LogP contribution in [0.15, 0.2) is 84.6 Å². The van der Waals surface area contributed by atoms with Gasteiger partial charge in [0, 0.05) is 10.7 Å². The summed E-state index contributed by atoms with van der Waals surface area (Å²) >= 11 is 5.92. The van der Waals surface area contributed by atoms with Gasteiger partial charge in [0.1, 0.15) is 11.5 Å². The van der Waals surface area contributed by atoms with Crippen LogP contribution in [-0.4, -0.2) is 11.8 Å². The molecule has 4 rings (SSSR count). The van der Waals surface area contributed by atoms with E-state index in [1.807, 2.05) is 6.07 Å². The van der Waals surface area contributed by atoms with E-state index < -0.39 is 17.6 Å². The summed E-state index contributed by atoms with van der Waals surface area (Å²) in [7, 11) is 0.